The van der Waals surface area contributed by atoms with Crippen molar-refractivity contribution in [3.63, 3.8) is 0 Å². The Bertz CT molecular complexity index is 221. The van der Waals surface area contributed by atoms with Crippen LogP contribution in [0.5, 0.6) is 0 Å². The molecule has 2 atom stereocenters. The van der Waals surface area contributed by atoms with Crippen molar-refractivity contribution in [1.29, 1.82) is 5.26 Å². The molecule has 58 valence electrons. The standard InChI is InChI=1S/C8H10N2O/c1-4-7(3)10-8(11)6(2)5-9/h1,6-7H,2-3H3,(H,10,11). The van der Waals surface area contributed by atoms with E-state index in [1.54, 1.807) is 6.92 Å². The molecule has 2 unspecified atom stereocenters. The van der Waals surface area contributed by atoms with Crippen molar-refractivity contribution in [3.05, 3.63) is 0 Å². The Morgan fingerprint density at radius 3 is 2.55 bits per heavy atom. The Labute approximate surface area is 66.4 Å². The fourth-order valence-electron chi connectivity index (χ4n) is 0.439. The largest absolute Gasteiger partial charge is 0.342 e. The Morgan fingerprint density at radius 1 is 1.64 bits per heavy atom. The van der Waals surface area contributed by atoms with Crippen molar-refractivity contribution in [2.45, 2.75) is 19.9 Å². The Hall–Kier alpha value is -1.48. The second-order valence-electron chi connectivity index (χ2n) is 2.25. The molecule has 0 saturated carbocycles. The SMILES string of the molecule is C#CC(C)NC(=O)C(C)C#N. The molecule has 0 spiro atoms. The number of nitriles is 1. The van der Waals surface area contributed by atoms with E-state index in [9.17, 15) is 4.79 Å². The lowest BCUT2D eigenvalue weighted by molar-refractivity contribution is -0.123. The van der Waals surface area contributed by atoms with Crippen LogP contribution in [0, 0.1) is 29.6 Å². The van der Waals surface area contributed by atoms with E-state index < -0.39 is 5.92 Å². The zero-order chi connectivity index (χ0) is 8.85. The molecule has 0 aliphatic carbocycles. The molecule has 0 aromatic carbocycles. The summed E-state index contributed by atoms with van der Waals surface area (Å²) < 4.78 is 0. The smallest absolute Gasteiger partial charge is 0.238 e. The van der Waals surface area contributed by atoms with Crippen molar-refractivity contribution in [1.82, 2.24) is 5.32 Å². The van der Waals surface area contributed by atoms with Gasteiger partial charge in [-0.1, -0.05) is 5.92 Å². The van der Waals surface area contributed by atoms with Crippen molar-refractivity contribution in [2.75, 3.05) is 0 Å². The van der Waals surface area contributed by atoms with Gasteiger partial charge in [0.15, 0.2) is 0 Å². The van der Waals surface area contributed by atoms with Gasteiger partial charge in [-0.2, -0.15) is 5.26 Å². The average molecular weight is 150 g/mol. The summed E-state index contributed by atoms with van der Waals surface area (Å²) in [6, 6.07) is 1.51. The van der Waals surface area contributed by atoms with Gasteiger partial charge in [0.25, 0.3) is 0 Å². The second-order valence-corrected chi connectivity index (χ2v) is 2.25. The molecule has 11 heavy (non-hydrogen) atoms. The lowest BCUT2D eigenvalue weighted by Gasteiger charge is -2.07. The third-order valence-corrected chi connectivity index (χ3v) is 1.20. The van der Waals surface area contributed by atoms with Crippen LogP contribution in [-0.4, -0.2) is 11.9 Å². The summed E-state index contributed by atoms with van der Waals surface area (Å²) in [4.78, 5) is 10.9. The van der Waals surface area contributed by atoms with Crippen LogP contribution in [-0.2, 0) is 4.79 Å². The van der Waals surface area contributed by atoms with Crippen LogP contribution in [0.4, 0.5) is 0 Å². The van der Waals surface area contributed by atoms with Crippen LogP contribution in [0.1, 0.15) is 13.8 Å². The molecule has 0 fully saturated rings. The Balaban J connectivity index is 3.92. The van der Waals surface area contributed by atoms with E-state index >= 15 is 0 Å². The van der Waals surface area contributed by atoms with Crippen LogP contribution in [0.25, 0.3) is 0 Å². The predicted molar refractivity (Wildman–Crippen MR) is 41.2 cm³/mol. The van der Waals surface area contributed by atoms with Gasteiger partial charge in [-0.3, -0.25) is 4.79 Å². The molecule has 1 N–H and O–H groups in total. The molecule has 0 aliphatic rings. The maximum Gasteiger partial charge on any atom is 0.238 e. The first-order chi connectivity index (χ1) is 5.11. The van der Waals surface area contributed by atoms with E-state index in [0.29, 0.717) is 0 Å². The Morgan fingerprint density at radius 2 is 2.18 bits per heavy atom. The van der Waals surface area contributed by atoms with Gasteiger partial charge in [-0.25, -0.2) is 0 Å². The third kappa shape index (κ3) is 3.27. The first-order valence-corrected chi connectivity index (χ1v) is 3.28. The van der Waals surface area contributed by atoms with Crippen LogP contribution in [0.2, 0.25) is 0 Å². The molecule has 0 rings (SSSR count). The zero-order valence-electron chi connectivity index (χ0n) is 6.59. The highest BCUT2D eigenvalue weighted by molar-refractivity contribution is 5.81. The molecule has 0 saturated heterocycles. The third-order valence-electron chi connectivity index (χ3n) is 1.20. The number of nitrogens with zero attached hydrogens (tertiary/aromatic N) is 1. The van der Waals surface area contributed by atoms with E-state index in [1.807, 2.05) is 6.07 Å². The molecule has 0 aromatic rings. The first kappa shape index (κ1) is 9.52. The summed E-state index contributed by atoms with van der Waals surface area (Å²) in [6.07, 6.45) is 5.01. The first-order valence-electron chi connectivity index (χ1n) is 3.28. The fourth-order valence-corrected chi connectivity index (χ4v) is 0.439. The van der Waals surface area contributed by atoms with Crippen LogP contribution in [0.3, 0.4) is 0 Å². The van der Waals surface area contributed by atoms with Crippen molar-refractivity contribution < 1.29 is 4.79 Å². The topological polar surface area (TPSA) is 52.9 Å². The van der Waals surface area contributed by atoms with E-state index in [-0.39, 0.29) is 11.9 Å². The summed E-state index contributed by atoms with van der Waals surface area (Å²) in [7, 11) is 0. The van der Waals surface area contributed by atoms with Gasteiger partial charge < -0.3 is 5.32 Å². The number of carbonyl (C=O) groups is 1. The van der Waals surface area contributed by atoms with Crippen molar-refractivity contribution in [2.24, 2.45) is 5.92 Å². The summed E-state index contributed by atoms with van der Waals surface area (Å²) in [5.74, 6) is 1.38. The number of carbonyl (C=O) groups excluding carboxylic acids is 1. The maximum atomic E-state index is 10.9. The van der Waals surface area contributed by atoms with E-state index in [2.05, 4.69) is 11.2 Å². The van der Waals surface area contributed by atoms with Crippen LogP contribution in [0.15, 0.2) is 0 Å². The number of terminal acetylenes is 1. The van der Waals surface area contributed by atoms with Crippen LogP contribution < -0.4 is 5.32 Å². The Kier molecular flexibility index (Phi) is 3.77. The van der Waals surface area contributed by atoms with Gasteiger partial charge in [0.2, 0.25) is 5.91 Å². The lowest BCUT2D eigenvalue weighted by atomic mass is 10.2. The van der Waals surface area contributed by atoms with Crippen LogP contribution >= 0.6 is 0 Å². The van der Waals surface area contributed by atoms with Crippen molar-refractivity contribution in [3.8, 4) is 18.4 Å². The molecule has 0 aromatic heterocycles. The number of rotatable bonds is 2. The zero-order valence-corrected chi connectivity index (χ0v) is 6.59. The number of hydrogen-bond donors (Lipinski definition) is 1. The molecule has 1 amide bonds. The van der Waals surface area contributed by atoms with Gasteiger partial charge in [0, 0.05) is 0 Å². The van der Waals surface area contributed by atoms with Crippen molar-refractivity contribution >= 4 is 5.91 Å². The van der Waals surface area contributed by atoms with Gasteiger partial charge in [-0.15, -0.1) is 6.42 Å². The van der Waals surface area contributed by atoms with Gasteiger partial charge in [0.1, 0.15) is 5.92 Å². The fraction of sp³-hybridized carbons (Fsp3) is 0.500. The summed E-state index contributed by atoms with van der Waals surface area (Å²) in [5.41, 5.74) is 0. The molecule has 0 heterocycles. The number of nitrogens with one attached hydrogen (secondary N) is 1. The van der Waals surface area contributed by atoms with Gasteiger partial charge in [-0.05, 0) is 13.8 Å². The number of amides is 1. The number of hydrogen-bond acceptors (Lipinski definition) is 2. The van der Waals surface area contributed by atoms with E-state index in [1.165, 1.54) is 6.92 Å². The summed E-state index contributed by atoms with van der Waals surface area (Å²) >= 11 is 0. The molecule has 3 nitrogen and oxygen atoms in total. The molecule has 0 bridgehead atoms. The van der Waals surface area contributed by atoms with Gasteiger partial charge >= 0.3 is 0 Å². The summed E-state index contributed by atoms with van der Waals surface area (Å²) in [6.45, 7) is 3.21. The highest BCUT2D eigenvalue weighted by Crippen LogP contribution is 1.91. The molecule has 0 radical (unpaired) electrons. The molecule has 0 aliphatic heterocycles. The molecular formula is C8H10N2O. The van der Waals surface area contributed by atoms with Gasteiger partial charge in [0.05, 0.1) is 12.1 Å². The lowest BCUT2D eigenvalue weighted by Crippen LogP contribution is -2.34. The van der Waals surface area contributed by atoms with E-state index in [4.69, 9.17) is 11.7 Å². The monoisotopic (exact) mass is 150 g/mol. The normalized spacial score (nSPS) is 13.8. The minimum absolute atomic E-state index is 0.307. The quantitative estimate of drug-likeness (QED) is 0.575. The average Bonchev–Trinajstić information content (AvgIpc) is 2.02. The molecule has 3 heteroatoms. The minimum atomic E-state index is -0.634. The van der Waals surface area contributed by atoms with E-state index in [0.717, 1.165) is 0 Å². The predicted octanol–water partition coefficient (Wildman–Crippen LogP) is 0.284. The maximum absolute atomic E-state index is 10.9. The molecular weight excluding hydrogens is 140 g/mol. The minimum Gasteiger partial charge on any atom is -0.342 e. The second kappa shape index (κ2) is 4.35. The summed E-state index contributed by atoms with van der Waals surface area (Å²) in [5, 5.41) is 10.8. The highest BCUT2D eigenvalue weighted by atomic mass is 16.1. The highest BCUT2D eigenvalue weighted by Gasteiger charge is 2.12.